The molecule has 0 aromatic heterocycles. The summed E-state index contributed by atoms with van der Waals surface area (Å²) >= 11 is 0. The van der Waals surface area contributed by atoms with Gasteiger partial charge in [0.25, 0.3) is 0 Å². The van der Waals surface area contributed by atoms with Crippen molar-refractivity contribution in [2.75, 3.05) is 7.05 Å². The molecule has 0 radical (unpaired) electrons. The Morgan fingerprint density at radius 3 is 2.67 bits per heavy atom. The highest BCUT2D eigenvalue weighted by Crippen LogP contribution is 2.24. The van der Waals surface area contributed by atoms with Crippen LogP contribution < -0.4 is 5.73 Å². The van der Waals surface area contributed by atoms with Crippen molar-refractivity contribution in [1.82, 2.24) is 4.90 Å². The smallest absolute Gasteiger partial charge is 0.127 e. The predicted molar refractivity (Wildman–Crippen MR) is 58.9 cm³/mol. The molecule has 3 heteroatoms. The van der Waals surface area contributed by atoms with Gasteiger partial charge in [-0.05, 0) is 26.0 Å². The first-order valence-corrected chi connectivity index (χ1v) is 5.36. The quantitative estimate of drug-likeness (QED) is 0.820. The van der Waals surface area contributed by atoms with E-state index in [-0.39, 0.29) is 5.82 Å². The molecule has 2 N–H and O–H groups in total. The lowest BCUT2D eigenvalue weighted by molar-refractivity contribution is 0.131. The second-order valence-corrected chi connectivity index (χ2v) is 4.39. The van der Waals surface area contributed by atoms with Gasteiger partial charge < -0.3 is 5.73 Å². The Morgan fingerprint density at radius 1 is 1.40 bits per heavy atom. The van der Waals surface area contributed by atoms with E-state index in [1.54, 1.807) is 6.07 Å². The van der Waals surface area contributed by atoms with E-state index >= 15 is 0 Å². The van der Waals surface area contributed by atoms with Crippen LogP contribution in [0.4, 0.5) is 4.39 Å². The maximum absolute atomic E-state index is 13.4. The average molecular weight is 208 g/mol. The summed E-state index contributed by atoms with van der Waals surface area (Å²) in [6.07, 6.45) is 2.07. The largest absolute Gasteiger partial charge is 0.328 e. The van der Waals surface area contributed by atoms with Gasteiger partial charge in [0.1, 0.15) is 5.82 Å². The molecule has 0 saturated heterocycles. The van der Waals surface area contributed by atoms with Crippen molar-refractivity contribution in [2.24, 2.45) is 5.73 Å². The molecule has 2 rings (SSSR count). The van der Waals surface area contributed by atoms with Gasteiger partial charge in [-0.1, -0.05) is 18.2 Å². The maximum atomic E-state index is 13.4. The molecular formula is C12H17FN2. The van der Waals surface area contributed by atoms with Crippen molar-refractivity contribution < 1.29 is 4.39 Å². The molecule has 0 bridgehead atoms. The average Bonchev–Trinajstić information content (AvgIpc) is 2.17. The second kappa shape index (κ2) is 4.29. The van der Waals surface area contributed by atoms with Gasteiger partial charge in [-0.15, -0.1) is 0 Å². The summed E-state index contributed by atoms with van der Waals surface area (Å²) < 4.78 is 13.4. The topological polar surface area (TPSA) is 29.3 Å². The maximum Gasteiger partial charge on any atom is 0.127 e. The van der Waals surface area contributed by atoms with Crippen LogP contribution in [0.15, 0.2) is 24.3 Å². The molecule has 1 aromatic rings. The lowest BCUT2D eigenvalue weighted by atomic mass is 9.86. The first-order chi connectivity index (χ1) is 7.16. The molecule has 15 heavy (non-hydrogen) atoms. The zero-order valence-electron chi connectivity index (χ0n) is 8.99. The first-order valence-electron chi connectivity index (χ1n) is 5.36. The minimum atomic E-state index is -0.118. The number of nitrogens with zero attached hydrogens (tertiary/aromatic N) is 1. The number of halogens is 1. The molecule has 82 valence electrons. The van der Waals surface area contributed by atoms with Gasteiger partial charge in [0.15, 0.2) is 0 Å². The Bertz CT molecular complexity index is 334. The van der Waals surface area contributed by atoms with Crippen LogP contribution in [-0.2, 0) is 6.54 Å². The SMILES string of the molecule is CN(Cc1ccccc1F)C1CC(N)C1. The molecule has 0 heterocycles. The van der Waals surface area contributed by atoms with Crippen molar-refractivity contribution in [3.8, 4) is 0 Å². The van der Waals surface area contributed by atoms with E-state index in [2.05, 4.69) is 4.90 Å². The van der Waals surface area contributed by atoms with Gasteiger partial charge in [-0.3, -0.25) is 4.90 Å². The van der Waals surface area contributed by atoms with Crippen LogP contribution >= 0.6 is 0 Å². The number of hydrogen-bond acceptors (Lipinski definition) is 2. The normalized spacial score (nSPS) is 25.3. The van der Waals surface area contributed by atoms with Crippen molar-refractivity contribution in [1.29, 1.82) is 0 Å². The molecule has 1 saturated carbocycles. The van der Waals surface area contributed by atoms with Crippen LogP contribution in [-0.4, -0.2) is 24.0 Å². The molecule has 1 aromatic carbocycles. The third kappa shape index (κ3) is 2.36. The molecule has 0 aliphatic heterocycles. The number of hydrogen-bond donors (Lipinski definition) is 1. The van der Waals surface area contributed by atoms with Gasteiger partial charge in [-0.2, -0.15) is 0 Å². The third-order valence-corrected chi connectivity index (χ3v) is 3.15. The van der Waals surface area contributed by atoms with Crippen LogP contribution in [0.25, 0.3) is 0 Å². The van der Waals surface area contributed by atoms with E-state index in [1.165, 1.54) is 6.07 Å². The van der Waals surface area contributed by atoms with Crippen LogP contribution in [0.5, 0.6) is 0 Å². The summed E-state index contributed by atoms with van der Waals surface area (Å²) in [5, 5.41) is 0. The highest BCUT2D eigenvalue weighted by Gasteiger charge is 2.29. The molecule has 1 aliphatic rings. The summed E-state index contributed by atoms with van der Waals surface area (Å²) in [6.45, 7) is 0.671. The summed E-state index contributed by atoms with van der Waals surface area (Å²) in [6, 6.07) is 7.81. The lowest BCUT2D eigenvalue weighted by Crippen LogP contribution is -2.48. The first kappa shape index (κ1) is 10.6. The number of benzene rings is 1. The molecule has 1 fully saturated rings. The monoisotopic (exact) mass is 208 g/mol. The van der Waals surface area contributed by atoms with Crippen molar-refractivity contribution >= 4 is 0 Å². The Balaban J connectivity index is 1.94. The second-order valence-electron chi connectivity index (χ2n) is 4.39. The lowest BCUT2D eigenvalue weighted by Gasteiger charge is -2.39. The molecule has 0 unspecified atom stereocenters. The van der Waals surface area contributed by atoms with E-state index in [0.29, 0.717) is 18.6 Å². The van der Waals surface area contributed by atoms with E-state index in [4.69, 9.17) is 5.73 Å². The fraction of sp³-hybridized carbons (Fsp3) is 0.500. The summed E-state index contributed by atoms with van der Waals surface area (Å²) in [4.78, 5) is 2.18. The Labute approximate surface area is 89.9 Å². The zero-order chi connectivity index (χ0) is 10.8. The van der Waals surface area contributed by atoms with Gasteiger partial charge in [0.05, 0.1) is 0 Å². The molecule has 0 amide bonds. The fourth-order valence-corrected chi connectivity index (χ4v) is 2.01. The molecular weight excluding hydrogens is 191 g/mol. The van der Waals surface area contributed by atoms with E-state index in [9.17, 15) is 4.39 Å². The molecule has 1 aliphatic carbocycles. The Kier molecular flexibility index (Phi) is 3.03. The van der Waals surface area contributed by atoms with Crippen LogP contribution in [0.3, 0.4) is 0 Å². The Hall–Kier alpha value is -0.930. The van der Waals surface area contributed by atoms with Crippen LogP contribution in [0.1, 0.15) is 18.4 Å². The molecule has 2 nitrogen and oxygen atoms in total. The summed E-state index contributed by atoms with van der Waals surface area (Å²) in [5.74, 6) is -0.118. The van der Waals surface area contributed by atoms with Crippen LogP contribution in [0, 0.1) is 5.82 Å². The number of rotatable bonds is 3. The summed E-state index contributed by atoms with van der Waals surface area (Å²) in [7, 11) is 2.03. The van der Waals surface area contributed by atoms with Gasteiger partial charge >= 0.3 is 0 Å². The standard InChI is InChI=1S/C12H17FN2/c1-15(11-6-10(14)7-11)8-9-4-2-3-5-12(9)13/h2-5,10-11H,6-8,14H2,1H3. The fourth-order valence-electron chi connectivity index (χ4n) is 2.01. The van der Waals surface area contributed by atoms with Gasteiger partial charge in [0.2, 0.25) is 0 Å². The molecule has 0 spiro atoms. The highest BCUT2D eigenvalue weighted by molar-refractivity contribution is 5.17. The third-order valence-electron chi connectivity index (χ3n) is 3.15. The van der Waals surface area contributed by atoms with Crippen molar-refractivity contribution in [3.05, 3.63) is 35.6 Å². The zero-order valence-corrected chi connectivity index (χ0v) is 8.99. The van der Waals surface area contributed by atoms with Crippen molar-refractivity contribution in [2.45, 2.75) is 31.5 Å². The highest BCUT2D eigenvalue weighted by atomic mass is 19.1. The van der Waals surface area contributed by atoms with E-state index in [1.807, 2.05) is 19.2 Å². The van der Waals surface area contributed by atoms with Crippen LogP contribution in [0.2, 0.25) is 0 Å². The Morgan fingerprint density at radius 2 is 2.07 bits per heavy atom. The van der Waals surface area contributed by atoms with Gasteiger partial charge in [0, 0.05) is 24.2 Å². The minimum absolute atomic E-state index is 0.118. The van der Waals surface area contributed by atoms with E-state index < -0.39 is 0 Å². The predicted octanol–water partition coefficient (Wildman–Crippen LogP) is 1.75. The van der Waals surface area contributed by atoms with Gasteiger partial charge in [-0.25, -0.2) is 4.39 Å². The molecule has 0 atom stereocenters. The summed E-state index contributed by atoms with van der Waals surface area (Å²) in [5.41, 5.74) is 6.49. The van der Waals surface area contributed by atoms with E-state index in [0.717, 1.165) is 18.4 Å². The van der Waals surface area contributed by atoms with Crippen molar-refractivity contribution in [3.63, 3.8) is 0 Å². The minimum Gasteiger partial charge on any atom is -0.328 e. The number of nitrogens with two attached hydrogens (primary N) is 1.